The van der Waals surface area contributed by atoms with Gasteiger partial charge in [-0.15, -0.1) is 0 Å². The summed E-state index contributed by atoms with van der Waals surface area (Å²) in [4.78, 5) is 29.9. The van der Waals surface area contributed by atoms with Crippen LogP contribution in [0.2, 0.25) is 0 Å². The molecule has 10 unspecified atom stereocenters. The van der Waals surface area contributed by atoms with E-state index in [0.29, 0.717) is 24.8 Å². The SMILES string of the molecule is CC(=O)OC1CC2(C)C3CCC4C(O)(CCC(N(C)C(=O)c5ccccc5)C4(C)CO)CC3=CCC2(C)C1C(C)N(C)C. The number of aliphatic hydroxyl groups is 2. The van der Waals surface area contributed by atoms with Crippen LogP contribution in [0.15, 0.2) is 42.0 Å². The summed E-state index contributed by atoms with van der Waals surface area (Å²) in [5.74, 6) is 0.0156. The van der Waals surface area contributed by atoms with Crippen molar-refractivity contribution in [3.8, 4) is 0 Å². The Hall–Kier alpha value is -2.22. The van der Waals surface area contributed by atoms with E-state index < -0.39 is 11.0 Å². The minimum atomic E-state index is -0.945. The Bertz CT molecular complexity index is 1250. The maximum absolute atomic E-state index is 13.5. The second-order valence-electron chi connectivity index (χ2n) is 15.4. The van der Waals surface area contributed by atoms with Crippen LogP contribution in [-0.2, 0) is 9.53 Å². The molecular formula is C36H54N2O5. The van der Waals surface area contributed by atoms with Crippen LogP contribution in [0.3, 0.4) is 0 Å². The summed E-state index contributed by atoms with van der Waals surface area (Å²) < 4.78 is 6.08. The Morgan fingerprint density at radius 3 is 2.33 bits per heavy atom. The molecule has 7 heteroatoms. The van der Waals surface area contributed by atoms with Crippen molar-refractivity contribution >= 4 is 11.9 Å². The molecule has 5 rings (SSSR count). The number of amides is 1. The van der Waals surface area contributed by atoms with Crippen LogP contribution in [-0.4, -0.2) is 83.4 Å². The van der Waals surface area contributed by atoms with E-state index in [2.05, 4.69) is 52.8 Å². The highest BCUT2D eigenvalue weighted by atomic mass is 16.5. The van der Waals surface area contributed by atoms with Gasteiger partial charge < -0.3 is 24.7 Å². The number of carbonyl (C=O) groups is 2. The number of aliphatic hydroxyl groups excluding tert-OH is 1. The van der Waals surface area contributed by atoms with Gasteiger partial charge in [-0.1, -0.05) is 50.6 Å². The van der Waals surface area contributed by atoms with Gasteiger partial charge in [0.2, 0.25) is 0 Å². The van der Waals surface area contributed by atoms with E-state index in [4.69, 9.17) is 4.74 Å². The van der Waals surface area contributed by atoms with Gasteiger partial charge in [-0.3, -0.25) is 9.59 Å². The standard InChI is InChI=1S/C36H54N2O5/c1-23(37(6)7)31-28(43-24(2)40)21-35(5)27-14-15-29-33(3,22-39)30(38(8)32(41)25-12-10-9-11-13-25)17-19-36(29,42)20-26(27)16-18-34(31,35)4/h9-13,16,23,27-31,39,42H,14-15,17-22H2,1-8H3. The summed E-state index contributed by atoms with van der Waals surface area (Å²) in [5.41, 5.74) is 0.193. The van der Waals surface area contributed by atoms with E-state index in [1.807, 2.05) is 42.3 Å². The minimum Gasteiger partial charge on any atom is -0.462 e. The van der Waals surface area contributed by atoms with Crippen molar-refractivity contribution < 1.29 is 24.5 Å². The first-order chi connectivity index (χ1) is 20.1. The average molecular weight is 595 g/mol. The number of esters is 1. The highest BCUT2D eigenvalue weighted by Gasteiger charge is 2.67. The highest BCUT2D eigenvalue weighted by Crippen LogP contribution is 2.69. The number of allylic oxidation sites excluding steroid dienone is 1. The molecule has 3 fully saturated rings. The van der Waals surface area contributed by atoms with Gasteiger partial charge in [-0.25, -0.2) is 0 Å². The number of hydrogen-bond donors (Lipinski definition) is 2. The van der Waals surface area contributed by atoms with Gasteiger partial charge in [0, 0.05) is 43.0 Å². The van der Waals surface area contributed by atoms with Gasteiger partial charge in [0.1, 0.15) is 6.10 Å². The van der Waals surface area contributed by atoms with Gasteiger partial charge in [0.05, 0.1) is 12.2 Å². The highest BCUT2D eigenvalue weighted by molar-refractivity contribution is 5.94. The van der Waals surface area contributed by atoms with E-state index in [1.54, 1.807) is 0 Å². The van der Waals surface area contributed by atoms with E-state index in [-0.39, 0.29) is 65.3 Å². The normalized spacial score (nSPS) is 41.3. The van der Waals surface area contributed by atoms with Crippen LogP contribution in [0, 0.1) is 34.0 Å². The molecule has 10 atom stereocenters. The lowest BCUT2D eigenvalue weighted by atomic mass is 9.51. The van der Waals surface area contributed by atoms with Crippen molar-refractivity contribution in [3.63, 3.8) is 0 Å². The third-order valence-electron chi connectivity index (χ3n) is 13.2. The number of carbonyl (C=O) groups excluding carboxylic acids is 2. The van der Waals surface area contributed by atoms with E-state index in [0.717, 1.165) is 25.7 Å². The summed E-state index contributed by atoms with van der Waals surface area (Å²) >= 11 is 0. The fourth-order valence-electron chi connectivity index (χ4n) is 10.6. The molecule has 1 aromatic rings. The van der Waals surface area contributed by atoms with E-state index in [1.165, 1.54) is 12.5 Å². The van der Waals surface area contributed by atoms with Crippen LogP contribution in [0.4, 0.5) is 0 Å². The lowest BCUT2D eigenvalue weighted by Crippen LogP contribution is -2.62. The molecule has 0 radical (unpaired) electrons. The van der Waals surface area contributed by atoms with Crippen LogP contribution < -0.4 is 0 Å². The van der Waals surface area contributed by atoms with Crippen LogP contribution in [0.25, 0.3) is 0 Å². The smallest absolute Gasteiger partial charge is 0.302 e. The molecular weight excluding hydrogens is 540 g/mol. The molecule has 0 saturated heterocycles. The first kappa shape index (κ1) is 32.2. The fourth-order valence-corrected chi connectivity index (χ4v) is 10.6. The zero-order valence-electron chi connectivity index (χ0n) is 27.6. The maximum Gasteiger partial charge on any atom is 0.302 e. The Kier molecular flexibility index (Phi) is 8.45. The van der Waals surface area contributed by atoms with Crippen molar-refractivity contribution in [2.75, 3.05) is 27.7 Å². The Balaban J connectivity index is 1.48. The van der Waals surface area contributed by atoms with Gasteiger partial charge in [0.25, 0.3) is 5.91 Å². The quantitative estimate of drug-likeness (QED) is 0.343. The van der Waals surface area contributed by atoms with Crippen LogP contribution in [0.1, 0.15) is 89.9 Å². The molecule has 0 spiro atoms. The number of fused-ring (bicyclic) bond motifs is 4. The number of ether oxygens (including phenoxy) is 1. The first-order valence-corrected chi connectivity index (χ1v) is 16.3. The van der Waals surface area contributed by atoms with E-state index in [9.17, 15) is 19.8 Å². The van der Waals surface area contributed by atoms with Crippen molar-refractivity contribution in [1.29, 1.82) is 0 Å². The third-order valence-corrected chi connectivity index (χ3v) is 13.2. The molecule has 0 heterocycles. The summed E-state index contributed by atoms with van der Waals surface area (Å²) in [6.45, 7) is 10.6. The average Bonchev–Trinajstić information content (AvgIpc) is 3.06. The van der Waals surface area contributed by atoms with Crippen LogP contribution >= 0.6 is 0 Å². The number of hydrogen-bond acceptors (Lipinski definition) is 6. The predicted octanol–water partition coefficient (Wildman–Crippen LogP) is 5.31. The number of nitrogens with zero attached hydrogens (tertiary/aromatic N) is 2. The summed E-state index contributed by atoms with van der Waals surface area (Å²) in [6, 6.07) is 9.38. The van der Waals surface area contributed by atoms with Gasteiger partial charge in [0.15, 0.2) is 0 Å². The minimum absolute atomic E-state index is 0.0486. The zero-order chi connectivity index (χ0) is 31.5. The lowest BCUT2D eigenvalue weighted by molar-refractivity contribution is -0.150. The van der Waals surface area contributed by atoms with Gasteiger partial charge in [-0.05, 0) is 101 Å². The maximum atomic E-state index is 13.5. The summed E-state index contributed by atoms with van der Waals surface area (Å²) in [7, 11) is 6.07. The lowest BCUT2D eigenvalue weighted by Gasteiger charge is -2.56. The zero-order valence-corrected chi connectivity index (χ0v) is 27.6. The molecule has 2 N–H and O–H groups in total. The number of rotatable bonds is 6. The van der Waals surface area contributed by atoms with Crippen molar-refractivity contribution in [2.45, 2.75) is 103 Å². The predicted molar refractivity (Wildman–Crippen MR) is 168 cm³/mol. The molecule has 1 aromatic carbocycles. The van der Waals surface area contributed by atoms with Gasteiger partial charge >= 0.3 is 5.97 Å². The second kappa shape index (κ2) is 11.3. The third kappa shape index (κ3) is 4.98. The molecule has 4 aliphatic rings. The summed E-state index contributed by atoms with van der Waals surface area (Å²) in [6.07, 6.45) is 7.47. The van der Waals surface area contributed by atoms with Crippen molar-refractivity contribution in [2.24, 2.45) is 34.0 Å². The monoisotopic (exact) mass is 594 g/mol. The van der Waals surface area contributed by atoms with Gasteiger partial charge in [-0.2, -0.15) is 0 Å². The van der Waals surface area contributed by atoms with Crippen LogP contribution in [0.5, 0.6) is 0 Å². The Morgan fingerprint density at radius 2 is 1.72 bits per heavy atom. The Morgan fingerprint density at radius 1 is 1.05 bits per heavy atom. The molecule has 0 aromatic heterocycles. The van der Waals surface area contributed by atoms with E-state index >= 15 is 0 Å². The largest absolute Gasteiger partial charge is 0.462 e. The molecule has 1 amide bonds. The van der Waals surface area contributed by atoms with Crippen molar-refractivity contribution in [1.82, 2.24) is 9.80 Å². The Labute approximate surface area is 258 Å². The molecule has 0 bridgehead atoms. The molecule has 4 aliphatic carbocycles. The number of benzene rings is 1. The summed E-state index contributed by atoms with van der Waals surface area (Å²) in [5, 5.41) is 23.5. The molecule has 238 valence electrons. The van der Waals surface area contributed by atoms with Crippen molar-refractivity contribution in [3.05, 3.63) is 47.5 Å². The molecule has 3 saturated carbocycles. The fraction of sp³-hybridized carbons (Fsp3) is 0.722. The topological polar surface area (TPSA) is 90.3 Å². The second-order valence-corrected chi connectivity index (χ2v) is 15.4. The first-order valence-electron chi connectivity index (χ1n) is 16.3. The molecule has 7 nitrogen and oxygen atoms in total. The molecule has 0 aliphatic heterocycles. The molecule has 43 heavy (non-hydrogen) atoms.